The molecule has 4 unspecified atom stereocenters. The molecule has 11 nitrogen and oxygen atoms in total. The second-order valence-corrected chi connectivity index (χ2v) is 26.4. The molecule has 2 aliphatic heterocycles. The summed E-state index contributed by atoms with van der Waals surface area (Å²) in [5.74, 6) is 0.361. The molecule has 0 aromatic rings. The van der Waals surface area contributed by atoms with Crippen molar-refractivity contribution in [2.45, 2.75) is 335 Å². The van der Waals surface area contributed by atoms with Gasteiger partial charge in [-0.3, -0.25) is 19.3 Å². The fraction of sp³-hybridized carbons (Fsp3) is 0.957. The highest BCUT2D eigenvalue weighted by Gasteiger charge is 2.34. The van der Waals surface area contributed by atoms with Crippen molar-refractivity contribution in [2.24, 2.45) is 11.8 Å². The highest BCUT2D eigenvalue weighted by molar-refractivity contribution is 5.88. The fourth-order valence-corrected chi connectivity index (χ4v) is 13.2. The van der Waals surface area contributed by atoms with E-state index in [1.54, 1.807) is 0 Å². The number of carbonyl (C=O) groups excluding carboxylic acids is 3. The van der Waals surface area contributed by atoms with Crippen LogP contribution in [0.3, 0.4) is 0 Å². The Balaban J connectivity index is 1.68. The van der Waals surface area contributed by atoms with Gasteiger partial charge in [0, 0.05) is 44.7 Å². The van der Waals surface area contributed by atoms with E-state index in [-0.39, 0.29) is 35.6 Å². The van der Waals surface area contributed by atoms with Crippen molar-refractivity contribution in [3.63, 3.8) is 0 Å². The third-order valence-corrected chi connectivity index (χ3v) is 18.4. The average Bonchev–Trinajstić information content (AvgIpc) is 4.09. The standard InChI is InChI=1S/C70H138N6O5/c1-9-11-13-15-17-19-21-23-25-27-29-31-33-35-37-39-41-43-55-75(56-49-64-46-44-53-73(64)7)67(62(3)4)69(78)71-51-58-80-60-61-81-59-52-72-70(79)68(63(5)6)76(57-50-65-47-45-54-74(65)8)66(77)48-42-40-38-36-34-32-30-28-26-24-22-20-18-16-14-12-10-2/h62-65,67-68H,9-61H2,1-8H3,(H,71,78)(H,72,79). The van der Waals surface area contributed by atoms with Crippen LogP contribution in [-0.2, 0) is 23.9 Å². The van der Waals surface area contributed by atoms with E-state index >= 15 is 0 Å². The summed E-state index contributed by atoms with van der Waals surface area (Å²) >= 11 is 0. The van der Waals surface area contributed by atoms with Crippen LogP contribution in [0.2, 0.25) is 0 Å². The molecule has 0 bridgehead atoms. The average molecular weight is 1140 g/mol. The topological polar surface area (TPSA) is 107 Å². The SMILES string of the molecule is CCCCCCCCCCCCCCCCCCCCN(CCC1CCCN1C)C(C(=O)NCCOCCOCCNC(=O)C(C(C)C)N(CCC1CCCN1C)C(=O)CCCCCCCCCCCCCCCCCCC)C(C)C. The Hall–Kier alpha value is -1.79. The summed E-state index contributed by atoms with van der Waals surface area (Å²) < 4.78 is 11.8. The van der Waals surface area contributed by atoms with Crippen LogP contribution in [0.4, 0.5) is 0 Å². The Labute approximate surface area is 503 Å². The third kappa shape index (κ3) is 38.8. The Morgan fingerprint density at radius 2 is 0.765 bits per heavy atom. The molecule has 2 N–H and O–H groups in total. The number of hydrogen-bond donors (Lipinski definition) is 2. The molecule has 478 valence electrons. The predicted molar refractivity (Wildman–Crippen MR) is 346 cm³/mol. The van der Waals surface area contributed by atoms with E-state index in [9.17, 15) is 14.4 Å². The van der Waals surface area contributed by atoms with Crippen LogP contribution in [0, 0.1) is 11.8 Å². The number of ether oxygens (including phenoxy) is 2. The zero-order valence-electron chi connectivity index (χ0n) is 55.3. The first-order valence-electron chi connectivity index (χ1n) is 35.7. The predicted octanol–water partition coefficient (Wildman–Crippen LogP) is 16.5. The number of rotatable bonds is 58. The Morgan fingerprint density at radius 3 is 1.11 bits per heavy atom. The highest BCUT2D eigenvalue weighted by atomic mass is 16.5. The van der Waals surface area contributed by atoms with Crippen molar-refractivity contribution in [3.05, 3.63) is 0 Å². The van der Waals surface area contributed by atoms with Crippen molar-refractivity contribution in [2.75, 3.05) is 86.3 Å². The number of hydrogen-bond acceptors (Lipinski definition) is 8. The largest absolute Gasteiger partial charge is 0.377 e. The highest BCUT2D eigenvalue weighted by Crippen LogP contribution is 2.24. The zero-order valence-corrected chi connectivity index (χ0v) is 55.3. The first-order valence-corrected chi connectivity index (χ1v) is 35.7. The van der Waals surface area contributed by atoms with Gasteiger partial charge in [0.25, 0.3) is 0 Å². The summed E-state index contributed by atoms with van der Waals surface area (Å²) in [7, 11) is 4.45. The van der Waals surface area contributed by atoms with Gasteiger partial charge in [0.05, 0.1) is 32.5 Å². The molecular weight excluding hydrogens is 1000 g/mol. The zero-order chi connectivity index (χ0) is 58.8. The Kier molecular flexibility index (Phi) is 48.8. The van der Waals surface area contributed by atoms with E-state index in [0.717, 1.165) is 58.2 Å². The molecule has 2 saturated heterocycles. The summed E-state index contributed by atoms with van der Waals surface area (Å²) in [5, 5.41) is 6.35. The van der Waals surface area contributed by atoms with Crippen molar-refractivity contribution in [1.82, 2.24) is 30.2 Å². The molecule has 2 heterocycles. The van der Waals surface area contributed by atoms with E-state index < -0.39 is 6.04 Å². The lowest BCUT2D eigenvalue weighted by Gasteiger charge is -2.35. The molecule has 11 heteroatoms. The van der Waals surface area contributed by atoms with E-state index in [0.29, 0.717) is 64.6 Å². The summed E-state index contributed by atoms with van der Waals surface area (Å²) in [6.07, 6.45) is 54.6. The van der Waals surface area contributed by atoms with Gasteiger partial charge < -0.3 is 34.8 Å². The van der Waals surface area contributed by atoms with Gasteiger partial charge >= 0.3 is 0 Å². The van der Waals surface area contributed by atoms with Crippen molar-refractivity contribution in [3.8, 4) is 0 Å². The molecule has 0 aromatic heterocycles. The lowest BCUT2D eigenvalue weighted by atomic mass is 9.99. The monoisotopic (exact) mass is 1140 g/mol. The maximum atomic E-state index is 14.0. The molecule has 0 aromatic carbocycles. The first kappa shape index (κ1) is 75.3. The van der Waals surface area contributed by atoms with Crippen LogP contribution < -0.4 is 10.6 Å². The van der Waals surface area contributed by atoms with Crippen LogP contribution in [-0.4, -0.2) is 148 Å². The van der Waals surface area contributed by atoms with Crippen molar-refractivity contribution in [1.29, 1.82) is 0 Å². The minimum atomic E-state index is -0.501. The van der Waals surface area contributed by atoms with E-state index in [1.807, 2.05) is 4.90 Å². The maximum absolute atomic E-state index is 14.0. The van der Waals surface area contributed by atoms with Gasteiger partial charge in [-0.25, -0.2) is 0 Å². The molecular formula is C70H138N6O5. The molecule has 2 fully saturated rings. The molecule has 0 radical (unpaired) electrons. The molecule has 0 saturated carbocycles. The fourth-order valence-electron chi connectivity index (χ4n) is 13.2. The second kappa shape index (κ2) is 52.5. The molecule has 3 amide bonds. The number of nitrogens with zero attached hydrogens (tertiary/aromatic N) is 4. The smallest absolute Gasteiger partial charge is 0.243 e. The molecule has 0 aliphatic carbocycles. The number of amides is 3. The van der Waals surface area contributed by atoms with E-state index in [4.69, 9.17) is 9.47 Å². The van der Waals surface area contributed by atoms with Crippen LogP contribution in [0.15, 0.2) is 0 Å². The van der Waals surface area contributed by atoms with Gasteiger partial charge in [-0.1, -0.05) is 253 Å². The molecule has 2 rings (SSSR count). The number of unbranched alkanes of at least 4 members (excludes halogenated alkanes) is 33. The second-order valence-electron chi connectivity index (χ2n) is 26.4. The summed E-state index contributed by atoms with van der Waals surface area (Å²) in [5.41, 5.74) is 0. The summed E-state index contributed by atoms with van der Waals surface area (Å²) in [4.78, 5) is 51.1. The van der Waals surface area contributed by atoms with Gasteiger partial charge in [0.2, 0.25) is 17.7 Å². The normalized spacial score (nSPS) is 16.8. The summed E-state index contributed by atoms with van der Waals surface area (Å²) in [6.45, 7) is 20.4. The molecule has 81 heavy (non-hydrogen) atoms. The minimum absolute atomic E-state index is 0.00289. The van der Waals surface area contributed by atoms with Crippen molar-refractivity contribution >= 4 is 17.7 Å². The van der Waals surface area contributed by atoms with Gasteiger partial charge in [0.1, 0.15) is 6.04 Å². The van der Waals surface area contributed by atoms with Gasteiger partial charge in [-0.05, 0) is 96.9 Å². The Bertz CT molecular complexity index is 1450. The van der Waals surface area contributed by atoms with Gasteiger partial charge in [0.15, 0.2) is 0 Å². The van der Waals surface area contributed by atoms with Crippen molar-refractivity contribution < 1.29 is 23.9 Å². The van der Waals surface area contributed by atoms with Crippen LogP contribution in [0.25, 0.3) is 0 Å². The number of carbonyl (C=O) groups is 3. The molecule has 2 aliphatic rings. The van der Waals surface area contributed by atoms with Crippen LogP contribution in [0.1, 0.15) is 311 Å². The van der Waals surface area contributed by atoms with Gasteiger partial charge in [-0.2, -0.15) is 0 Å². The van der Waals surface area contributed by atoms with Crippen LogP contribution in [0.5, 0.6) is 0 Å². The van der Waals surface area contributed by atoms with Crippen LogP contribution >= 0.6 is 0 Å². The minimum Gasteiger partial charge on any atom is -0.377 e. The van der Waals surface area contributed by atoms with Gasteiger partial charge in [-0.15, -0.1) is 0 Å². The first-order chi connectivity index (χ1) is 39.5. The lowest BCUT2D eigenvalue weighted by Crippen LogP contribution is -2.53. The lowest BCUT2D eigenvalue weighted by molar-refractivity contribution is -0.142. The Morgan fingerprint density at radius 1 is 0.432 bits per heavy atom. The maximum Gasteiger partial charge on any atom is 0.243 e. The number of nitrogens with one attached hydrogen (secondary N) is 2. The molecule has 4 atom stereocenters. The summed E-state index contributed by atoms with van der Waals surface area (Å²) in [6, 6.07) is 0.422. The van der Waals surface area contributed by atoms with E-state index in [2.05, 4.69) is 81.0 Å². The molecule has 0 spiro atoms. The third-order valence-electron chi connectivity index (χ3n) is 18.4. The quantitative estimate of drug-likeness (QED) is 0.0580. The van der Waals surface area contributed by atoms with E-state index in [1.165, 1.54) is 231 Å². The number of likely N-dealkylation sites (tertiary alicyclic amines) is 2.